The third-order valence-corrected chi connectivity index (χ3v) is 4.52. The van der Waals surface area contributed by atoms with Crippen LogP contribution in [0.4, 0.5) is 0 Å². The standard InChI is InChI=1S/C14H23ClN2O2/c1-5-6-17-13(11(15)7-16-17)14(18)12-8(2)9(3)19-10(12)4/h7-10,12,14,18H,5-6H2,1-4H3. The Kier molecular flexibility index (Phi) is 4.54. The summed E-state index contributed by atoms with van der Waals surface area (Å²) in [4.78, 5) is 0. The molecule has 0 radical (unpaired) electrons. The highest BCUT2D eigenvalue weighted by atomic mass is 35.5. The van der Waals surface area contributed by atoms with E-state index in [9.17, 15) is 5.11 Å². The molecule has 5 atom stereocenters. The molecule has 2 heterocycles. The summed E-state index contributed by atoms with van der Waals surface area (Å²) in [5.74, 6) is 0.353. The number of hydrogen-bond donors (Lipinski definition) is 1. The van der Waals surface area contributed by atoms with Crippen LogP contribution in [-0.2, 0) is 11.3 Å². The van der Waals surface area contributed by atoms with Crippen molar-refractivity contribution in [2.75, 3.05) is 0 Å². The summed E-state index contributed by atoms with van der Waals surface area (Å²) in [6.07, 6.45) is 2.14. The van der Waals surface area contributed by atoms with E-state index in [4.69, 9.17) is 16.3 Å². The minimum atomic E-state index is -0.628. The first-order chi connectivity index (χ1) is 8.97. The highest BCUT2D eigenvalue weighted by Crippen LogP contribution is 2.42. The van der Waals surface area contributed by atoms with Crippen molar-refractivity contribution in [2.24, 2.45) is 11.8 Å². The fourth-order valence-corrected chi connectivity index (χ4v) is 3.33. The van der Waals surface area contributed by atoms with Crippen molar-refractivity contribution in [3.05, 3.63) is 16.9 Å². The highest BCUT2D eigenvalue weighted by Gasteiger charge is 2.43. The molecular weight excluding hydrogens is 264 g/mol. The molecule has 0 bridgehead atoms. The lowest BCUT2D eigenvalue weighted by atomic mass is 9.83. The van der Waals surface area contributed by atoms with Gasteiger partial charge in [0.25, 0.3) is 0 Å². The van der Waals surface area contributed by atoms with Crippen molar-refractivity contribution < 1.29 is 9.84 Å². The summed E-state index contributed by atoms with van der Waals surface area (Å²) < 4.78 is 7.63. The minimum Gasteiger partial charge on any atom is -0.386 e. The Bertz CT molecular complexity index is 435. The third-order valence-electron chi connectivity index (χ3n) is 4.23. The van der Waals surface area contributed by atoms with E-state index in [0.717, 1.165) is 18.7 Å². The molecule has 2 rings (SSSR count). The predicted octanol–water partition coefficient (Wildman–Crippen LogP) is 3.04. The van der Waals surface area contributed by atoms with Crippen molar-refractivity contribution in [1.29, 1.82) is 0 Å². The van der Waals surface area contributed by atoms with Crippen molar-refractivity contribution >= 4 is 11.6 Å². The molecule has 1 aromatic heterocycles. The molecule has 1 fully saturated rings. The maximum atomic E-state index is 10.7. The normalized spacial score (nSPS) is 32.7. The Morgan fingerprint density at radius 3 is 2.63 bits per heavy atom. The largest absolute Gasteiger partial charge is 0.386 e. The van der Waals surface area contributed by atoms with Crippen LogP contribution in [0, 0.1) is 11.8 Å². The van der Waals surface area contributed by atoms with Crippen LogP contribution < -0.4 is 0 Å². The molecule has 1 aromatic rings. The van der Waals surface area contributed by atoms with Gasteiger partial charge in [-0.1, -0.05) is 25.4 Å². The molecule has 1 saturated heterocycles. The van der Waals surface area contributed by atoms with Gasteiger partial charge in [-0.3, -0.25) is 4.68 Å². The molecular formula is C14H23ClN2O2. The first-order valence-electron chi connectivity index (χ1n) is 7.02. The first kappa shape index (κ1) is 14.8. The van der Waals surface area contributed by atoms with Gasteiger partial charge in [-0.05, 0) is 26.2 Å². The zero-order valence-corrected chi connectivity index (χ0v) is 12.8. The van der Waals surface area contributed by atoms with E-state index < -0.39 is 6.10 Å². The molecule has 1 N–H and O–H groups in total. The molecule has 0 aromatic carbocycles. The summed E-state index contributed by atoms with van der Waals surface area (Å²) >= 11 is 6.20. The summed E-state index contributed by atoms with van der Waals surface area (Å²) in [5, 5.41) is 15.5. The SMILES string of the molecule is CCCn1ncc(Cl)c1C(O)C1C(C)OC(C)C1C. The average Bonchev–Trinajstić information content (AvgIpc) is 2.81. The zero-order valence-electron chi connectivity index (χ0n) is 12.0. The number of ether oxygens (including phenoxy) is 1. The molecule has 0 amide bonds. The monoisotopic (exact) mass is 286 g/mol. The number of aryl methyl sites for hydroxylation is 1. The number of halogens is 1. The van der Waals surface area contributed by atoms with E-state index in [1.165, 1.54) is 0 Å². The number of hydrogen-bond acceptors (Lipinski definition) is 3. The molecule has 5 heteroatoms. The van der Waals surface area contributed by atoms with Gasteiger partial charge >= 0.3 is 0 Å². The number of rotatable bonds is 4. The van der Waals surface area contributed by atoms with E-state index in [1.54, 1.807) is 6.20 Å². The molecule has 19 heavy (non-hydrogen) atoms. The van der Waals surface area contributed by atoms with Crippen LogP contribution in [0.25, 0.3) is 0 Å². The maximum absolute atomic E-state index is 10.7. The van der Waals surface area contributed by atoms with E-state index >= 15 is 0 Å². The van der Waals surface area contributed by atoms with Gasteiger partial charge in [-0.2, -0.15) is 5.10 Å². The Morgan fingerprint density at radius 2 is 2.11 bits per heavy atom. The molecule has 0 saturated carbocycles. The number of aliphatic hydroxyl groups is 1. The number of nitrogens with zero attached hydrogens (tertiary/aromatic N) is 2. The van der Waals surface area contributed by atoms with Crippen molar-refractivity contribution in [1.82, 2.24) is 9.78 Å². The van der Waals surface area contributed by atoms with Crippen LogP contribution in [0.15, 0.2) is 6.20 Å². The molecule has 1 aliphatic heterocycles. The van der Waals surface area contributed by atoms with Crippen LogP contribution in [0.3, 0.4) is 0 Å². The summed E-state index contributed by atoms with van der Waals surface area (Å²) in [5.41, 5.74) is 0.727. The predicted molar refractivity (Wildman–Crippen MR) is 75.2 cm³/mol. The smallest absolute Gasteiger partial charge is 0.103 e. The first-order valence-corrected chi connectivity index (χ1v) is 7.39. The second-order valence-electron chi connectivity index (χ2n) is 5.53. The van der Waals surface area contributed by atoms with Crippen LogP contribution >= 0.6 is 11.6 Å². The topological polar surface area (TPSA) is 47.3 Å². The fourth-order valence-electron chi connectivity index (χ4n) is 3.08. The van der Waals surface area contributed by atoms with Crippen LogP contribution in [0.2, 0.25) is 5.02 Å². The Balaban J connectivity index is 2.28. The average molecular weight is 287 g/mol. The third kappa shape index (κ3) is 2.67. The Hall–Kier alpha value is -0.580. The molecule has 4 nitrogen and oxygen atoms in total. The van der Waals surface area contributed by atoms with Crippen LogP contribution in [0.1, 0.15) is 45.9 Å². The molecule has 108 valence electrons. The van der Waals surface area contributed by atoms with Gasteiger partial charge < -0.3 is 9.84 Å². The zero-order chi connectivity index (χ0) is 14.2. The van der Waals surface area contributed by atoms with Crippen LogP contribution in [0.5, 0.6) is 0 Å². The van der Waals surface area contributed by atoms with Gasteiger partial charge in [-0.15, -0.1) is 0 Å². The van der Waals surface area contributed by atoms with Gasteiger partial charge in [0.15, 0.2) is 0 Å². The molecule has 0 spiro atoms. The van der Waals surface area contributed by atoms with Crippen molar-refractivity contribution in [2.45, 2.75) is 59.0 Å². The Morgan fingerprint density at radius 1 is 1.42 bits per heavy atom. The van der Waals surface area contributed by atoms with E-state index in [2.05, 4.69) is 25.9 Å². The second-order valence-corrected chi connectivity index (χ2v) is 5.94. The molecule has 0 aliphatic carbocycles. The highest BCUT2D eigenvalue weighted by molar-refractivity contribution is 6.31. The molecule has 1 aliphatic rings. The van der Waals surface area contributed by atoms with Gasteiger partial charge in [-0.25, -0.2) is 0 Å². The lowest BCUT2D eigenvalue weighted by Gasteiger charge is -2.25. The lowest BCUT2D eigenvalue weighted by molar-refractivity contribution is 0.0202. The lowest BCUT2D eigenvalue weighted by Crippen LogP contribution is -2.27. The Labute approximate surface area is 119 Å². The number of aromatic nitrogens is 2. The quantitative estimate of drug-likeness (QED) is 0.925. The van der Waals surface area contributed by atoms with E-state index in [1.807, 2.05) is 11.6 Å². The maximum Gasteiger partial charge on any atom is 0.103 e. The number of aliphatic hydroxyl groups excluding tert-OH is 1. The van der Waals surface area contributed by atoms with Crippen molar-refractivity contribution in [3.8, 4) is 0 Å². The van der Waals surface area contributed by atoms with Gasteiger partial charge in [0.1, 0.15) is 6.10 Å². The minimum absolute atomic E-state index is 0.0287. The fraction of sp³-hybridized carbons (Fsp3) is 0.786. The summed E-state index contributed by atoms with van der Waals surface area (Å²) in [6.45, 7) is 9.04. The van der Waals surface area contributed by atoms with Gasteiger partial charge in [0, 0.05) is 12.5 Å². The van der Waals surface area contributed by atoms with Gasteiger partial charge in [0.2, 0.25) is 0 Å². The van der Waals surface area contributed by atoms with Crippen molar-refractivity contribution in [3.63, 3.8) is 0 Å². The van der Waals surface area contributed by atoms with Crippen LogP contribution in [-0.4, -0.2) is 27.1 Å². The molecule has 5 unspecified atom stereocenters. The second kappa shape index (κ2) is 5.81. The van der Waals surface area contributed by atoms with E-state index in [0.29, 0.717) is 10.9 Å². The summed E-state index contributed by atoms with van der Waals surface area (Å²) in [6, 6.07) is 0. The summed E-state index contributed by atoms with van der Waals surface area (Å²) in [7, 11) is 0. The van der Waals surface area contributed by atoms with Gasteiger partial charge in [0.05, 0.1) is 29.1 Å². The van der Waals surface area contributed by atoms with E-state index in [-0.39, 0.29) is 18.1 Å².